The first-order valence-electron chi connectivity index (χ1n) is 10.5. The Morgan fingerprint density at radius 2 is 1.91 bits per heavy atom. The number of nitrogens with zero attached hydrogens (tertiary/aromatic N) is 8. The number of H-pyrrole nitrogens is 1. The molecule has 1 N–H and O–H groups in total. The van der Waals surface area contributed by atoms with E-state index in [2.05, 4.69) is 31.7 Å². The zero-order chi connectivity index (χ0) is 23.2. The van der Waals surface area contributed by atoms with Crippen LogP contribution in [0.25, 0.3) is 39.0 Å². The molecule has 10 heteroatoms. The van der Waals surface area contributed by atoms with Crippen molar-refractivity contribution in [3.05, 3.63) is 88.5 Å². The van der Waals surface area contributed by atoms with Gasteiger partial charge in [0.05, 0.1) is 47.0 Å². The van der Waals surface area contributed by atoms with Crippen LogP contribution in [-0.2, 0) is 13.6 Å². The van der Waals surface area contributed by atoms with E-state index < -0.39 is 0 Å². The molecule has 0 fully saturated rings. The molecule has 164 valence electrons. The number of rotatable bonds is 4. The third-order valence-corrected chi connectivity index (χ3v) is 5.91. The molecule has 0 atom stereocenters. The van der Waals surface area contributed by atoms with Crippen LogP contribution < -0.4 is 5.56 Å². The summed E-state index contributed by atoms with van der Waals surface area (Å²) in [4.78, 5) is 13.2. The molecule has 0 aliphatic heterocycles. The highest BCUT2D eigenvalue weighted by Gasteiger charge is 2.18. The van der Waals surface area contributed by atoms with Crippen LogP contribution in [0.2, 0.25) is 0 Å². The van der Waals surface area contributed by atoms with Crippen LogP contribution in [0.4, 0.5) is 0 Å². The lowest BCUT2D eigenvalue weighted by Gasteiger charge is -2.12. The summed E-state index contributed by atoms with van der Waals surface area (Å²) in [6, 6.07) is 19.0. The first kappa shape index (κ1) is 19.6. The van der Waals surface area contributed by atoms with Crippen LogP contribution in [0.1, 0.15) is 11.1 Å². The standard InChI is InChI=1S/C24H17N9O/c1-31-21(20-8-9-27-32(20)14-16-4-2-15(12-25)3-5-16)11-22-23(24(31)34)29-30-33(22)18-7-6-17-13-26-28-19(17)10-18/h2-11,13H,14H2,1H3,(H,26,28). The van der Waals surface area contributed by atoms with Gasteiger partial charge in [-0.15, -0.1) is 5.10 Å². The van der Waals surface area contributed by atoms with Gasteiger partial charge in [0.2, 0.25) is 0 Å². The third kappa shape index (κ3) is 3.07. The molecule has 4 aromatic heterocycles. The number of nitriles is 1. The normalized spacial score (nSPS) is 11.3. The Balaban J connectivity index is 1.47. The number of benzene rings is 2. The molecular weight excluding hydrogens is 430 g/mol. The minimum Gasteiger partial charge on any atom is -0.308 e. The highest BCUT2D eigenvalue weighted by Crippen LogP contribution is 2.24. The Labute approximate surface area is 192 Å². The first-order chi connectivity index (χ1) is 16.6. The average molecular weight is 447 g/mol. The lowest BCUT2D eigenvalue weighted by Crippen LogP contribution is -2.20. The zero-order valence-electron chi connectivity index (χ0n) is 18.0. The fourth-order valence-corrected chi connectivity index (χ4v) is 4.09. The van der Waals surface area contributed by atoms with Gasteiger partial charge in [-0.05, 0) is 48.0 Å². The van der Waals surface area contributed by atoms with E-state index in [1.54, 1.807) is 40.8 Å². The van der Waals surface area contributed by atoms with Gasteiger partial charge < -0.3 is 4.57 Å². The number of nitrogens with one attached hydrogen (secondary N) is 1. The van der Waals surface area contributed by atoms with Crippen LogP contribution in [0, 0.1) is 11.3 Å². The van der Waals surface area contributed by atoms with Crippen molar-refractivity contribution < 1.29 is 0 Å². The Morgan fingerprint density at radius 1 is 1.06 bits per heavy atom. The molecule has 6 aromatic rings. The fraction of sp³-hybridized carbons (Fsp3) is 0.0833. The molecule has 0 unspecified atom stereocenters. The van der Waals surface area contributed by atoms with Crippen molar-refractivity contribution in [2.45, 2.75) is 6.54 Å². The molecule has 0 aliphatic rings. The van der Waals surface area contributed by atoms with Crippen molar-refractivity contribution in [2.24, 2.45) is 7.05 Å². The van der Waals surface area contributed by atoms with Gasteiger partial charge in [0, 0.05) is 18.6 Å². The topological polar surface area (TPSA) is 123 Å². The van der Waals surface area contributed by atoms with Crippen molar-refractivity contribution in [2.75, 3.05) is 0 Å². The number of hydrogen-bond donors (Lipinski definition) is 1. The lowest BCUT2D eigenvalue weighted by atomic mass is 10.1. The first-order valence-corrected chi connectivity index (χ1v) is 10.5. The zero-order valence-corrected chi connectivity index (χ0v) is 18.0. The second-order valence-corrected chi connectivity index (χ2v) is 7.95. The van der Waals surface area contributed by atoms with E-state index in [4.69, 9.17) is 5.26 Å². The number of fused-ring (bicyclic) bond motifs is 2. The summed E-state index contributed by atoms with van der Waals surface area (Å²) >= 11 is 0. The molecule has 0 amide bonds. The molecule has 4 heterocycles. The molecule has 2 aromatic carbocycles. The summed E-state index contributed by atoms with van der Waals surface area (Å²) in [5.74, 6) is 0. The second-order valence-electron chi connectivity index (χ2n) is 7.95. The maximum absolute atomic E-state index is 13.2. The van der Waals surface area contributed by atoms with E-state index in [9.17, 15) is 4.79 Å². The van der Waals surface area contributed by atoms with Crippen LogP contribution in [0.3, 0.4) is 0 Å². The van der Waals surface area contributed by atoms with Gasteiger partial charge in [-0.1, -0.05) is 17.3 Å². The van der Waals surface area contributed by atoms with E-state index in [0.29, 0.717) is 23.3 Å². The maximum atomic E-state index is 13.2. The highest BCUT2D eigenvalue weighted by molar-refractivity contribution is 5.83. The van der Waals surface area contributed by atoms with Gasteiger partial charge in [0.1, 0.15) is 5.52 Å². The highest BCUT2D eigenvalue weighted by atomic mass is 16.1. The maximum Gasteiger partial charge on any atom is 0.280 e. The number of hydrogen-bond acceptors (Lipinski definition) is 6. The van der Waals surface area contributed by atoms with E-state index >= 15 is 0 Å². The molecule has 10 nitrogen and oxygen atoms in total. The molecule has 0 saturated heterocycles. The number of aromatic nitrogens is 8. The summed E-state index contributed by atoms with van der Waals surface area (Å²) in [6.07, 6.45) is 3.46. The van der Waals surface area contributed by atoms with Gasteiger partial charge in [-0.3, -0.25) is 14.6 Å². The molecule has 0 aliphatic carbocycles. The second kappa shape index (κ2) is 7.53. The Bertz CT molecular complexity index is 1780. The van der Waals surface area contributed by atoms with Gasteiger partial charge in [0.25, 0.3) is 5.56 Å². The summed E-state index contributed by atoms with van der Waals surface area (Å²) in [5, 5.41) is 29.9. The predicted molar refractivity (Wildman–Crippen MR) is 125 cm³/mol. The Hall–Kier alpha value is -5.04. The van der Waals surface area contributed by atoms with E-state index in [-0.39, 0.29) is 11.1 Å². The van der Waals surface area contributed by atoms with Crippen molar-refractivity contribution in [1.82, 2.24) is 39.5 Å². The molecule has 0 radical (unpaired) electrons. The van der Waals surface area contributed by atoms with Crippen molar-refractivity contribution in [3.63, 3.8) is 0 Å². The van der Waals surface area contributed by atoms with Crippen molar-refractivity contribution in [3.8, 4) is 23.1 Å². The smallest absolute Gasteiger partial charge is 0.280 e. The van der Waals surface area contributed by atoms with Crippen molar-refractivity contribution >= 4 is 21.9 Å². The molecular formula is C24H17N9O. The Kier molecular flexibility index (Phi) is 4.35. The van der Waals surface area contributed by atoms with Gasteiger partial charge in [-0.25, -0.2) is 4.68 Å². The van der Waals surface area contributed by atoms with E-state index in [1.165, 1.54) is 0 Å². The minimum absolute atomic E-state index is 0.243. The third-order valence-electron chi connectivity index (χ3n) is 5.91. The predicted octanol–water partition coefficient (Wildman–Crippen LogP) is 2.78. The van der Waals surface area contributed by atoms with Gasteiger partial charge in [0.15, 0.2) is 5.52 Å². The largest absolute Gasteiger partial charge is 0.308 e. The summed E-state index contributed by atoms with van der Waals surface area (Å²) in [7, 11) is 1.71. The molecule has 34 heavy (non-hydrogen) atoms. The number of pyridine rings is 1. The van der Waals surface area contributed by atoms with Crippen LogP contribution in [0.15, 0.2) is 71.8 Å². The fourth-order valence-electron chi connectivity index (χ4n) is 4.09. The van der Waals surface area contributed by atoms with Gasteiger partial charge in [-0.2, -0.15) is 15.5 Å². The van der Waals surface area contributed by atoms with Crippen LogP contribution >= 0.6 is 0 Å². The summed E-state index contributed by atoms with van der Waals surface area (Å²) < 4.78 is 5.04. The summed E-state index contributed by atoms with van der Waals surface area (Å²) in [5.41, 5.74) is 5.35. The number of aromatic amines is 1. The quantitative estimate of drug-likeness (QED) is 0.443. The molecule has 6 rings (SSSR count). The summed E-state index contributed by atoms with van der Waals surface area (Å²) in [6.45, 7) is 0.494. The van der Waals surface area contributed by atoms with Crippen LogP contribution in [-0.4, -0.2) is 39.5 Å². The monoisotopic (exact) mass is 447 g/mol. The van der Waals surface area contributed by atoms with E-state index in [0.717, 1.165) is 27.8 Å². The van der Waals surface area contributed by atoms with Crippen LogP contribution in [0.5, 0.6) is 0 Å². The van der Waals surface area contributed by atoms with Crippen molar-refractivity contribution in [1.29, 1.82) is 5.26 Å². The molecule has 0 spiro atoms. The van der Waals surface area contributed by atoms with Gasteiger partial charge >= 0.3 is 0 Å². The molecule has 0 bridgehead atoms. The minimum atomic E-state index is -0.243. The average Bonchev–Trinajstić information content (AvgIpc) is 3.61. The lowest BCUT2D eigenvalue weighted by molar-refractivity contribution is 0.687. The SMILES string of the molecule is Cn1c(-c2ccnn2Cc2ccc(C#N)cc2)cc2c(nnn2-c2ccc3cn[nH]c3c2)c1=O. The Morgan fingerprint density at radius 3 is 2.74 bits per heavy atom. The van der Waals surface area contributed by atoms with E-state index in [1.807, 2.05) is 47.1 Å². The molecule has 0 saturated carbocycles.